The van der Waals surface area contributed by atoms with E-state index in [2.05, 4.69) is 5.32 Å². The first-order chi connectivity index (χ1) is 15.8. The van der Waals surface area contributed by atoms with Gasteiger partial charge < -0.3 is 19.7 Å². The second-order valence-corrected chi connectivity index (χ2v) is 10.4. The van der Waals surface area contributed by atoms with Crippen LogP contribution in [-0.2, 0) is 14.8 Å². The summed E-state index contributed by atoms with van der Waals surface area (Å²) in [6, 6.07) is 9.41. The van der Waals surface area contributed by atoms with Crippen molar-refractivity contribution >= 4 is 39.3 Å². The molecule has 0 aromatic heterocycles. The number of benzene rings is 2. The Morgan fingerprint density at radius 2 is 1.58 bits per heavy atom. The Hall–Kier alpha value is -2.76. The van der Waals surface area contributed by atoms with Crippen molar-refractivity contribution in [1.82, 2.24) is 9.21 Å². The van der Waals surface area contributed by atoms with E-state index in [0.29, 0.717) is 49.1 Å². The summed E-state index contributed by atoms with van der Waals surface area (Å²) in [5.41, 5.74) is 0.925. The summed E-state index contributed by atoms with van der Waals surface area (Å²) in [5, 5.41) is 2.87. The first-order valence-corrected chi connectivity index (χ1v) is 13.1. The second kappa shape index (κ2) is 9.62. The number of carbonyl (C=O) groups is 2. The van der Waals surface area contributed by atoms with E-state index in [1.165, 1.54) is 47.3 Å². The van der Waals surface area contributed by atoms with E-state index < -0.39 is 10.0 Å². The average Bonchev–Trinajstić information content (AvgIpc) is 2.83. The zero-order valence-corrected chi connectivity index (χ0v) is 20.0. The van der Waals surface area contributed by atoms with E-state index in [9.17, 15) is 18.0 Å². The third-order valence-corrected chi connectivity index (χ3v) is 8.24. The number of amides is 2. The van der Waals surface area contributed by atoms with Crippen molar-refractivity contribution in [1.29, 1.82) is 0 Å². The van der Waals surface area contributed by atoms with Crippen LogP contribution in [0.4, 0.5) is 5.69 Å². The molecule has 1 fully saturated rings. The average molecular weight is 492 g/mol. The summed E-state index contributed by atoms with van der Waals surface area (Å²) < 4.78 is 38.5. The SMILES string of the molecule is CSc1cc2c(cc1NC(=O)c1ccc(S(=O)(=O)N3CCN(C(C)=O)CC3)cc1)OCCO2. The van der Waals surface area contributed by atoms with Crippen molar-refractivity contribution < 1.29 is 27.5 Å². The van der Waals surface area contributed by atoms with Crippen LogP contribution in [0.15, 0.2) is 46.2 Å². The number of fused-ring (bicyclic) bond motifs is 1. The molecule has 2 aromatic carbocycles. The Labute approximate surface area is 197 Å². The normalized spacial score (nSPS) is 16.4. The van der Waals surface area contributed by atoms with Crippen LogP contribution in [0, 0.1) is 0 Å². The largest absolute Gasteiger partial charge is 0.486 e. The molecule has 33 heavy (non-hydrogen) atoms. The Balaban J connectivity index is 1.47. The lowest BCUT2D eigenvalue weighted by Crippen LogP contribution is -2.49. The summed E-state index contributed by atoms with van der Waals surface area (Å²) in [4.78, 5) is 26.9. The van der Waals surface area contributed by atoms with Gasteiger partial charge in [-0.15, -0.1) is 11.8 Å². The van der Waals surface area contributed by atoms with E-state index in [4.69, 9.17) is 9.47 Å². The summed E-state index contributed by atoms with van der Waals surface area (Å²) >= 11 is 1.47. The zero-order valence-electron chi connectivity index (χ0n) is 18.4. The molecule has 0 bridgehead atoms. The molecule has 4 rings (SSSR count). The highest BCUT2D eigenvalue weighted by Gasteiger charge is 2.29. The van der Waals surface area contributed by atoms with Gasteiger partial charge in [0.05, 0.1) is 10.6 Å². The molecule has 1 N–H and O–H groups in total. The predicted molar refractivity (Wildman–Crippen MR) is 125 cm³/mol. The van der Waals surface area contributed by atoms with Crippen LogP contribution < -0.4 is 14.8 Å². The number of hydrogen-bond donors (Lipinski definition) is 1. The maximum Gasteiger partial charge on any atom is 0.255 e. The van der Waals surface area contributed by atoms with Gasteiger partial charge in [-0.1, -0.05) is 0 Å². The molecule has 0 aliphatic carbocycles. The van der Waals surface area contributed by atoms with Crippen molar-refractivity contribution in [3.63, 3.8) is 0 Å². The van der Waals surface area contributed by atoms with Crippen molar-refractivity contribution in [2.75, 3.05) is 51.0 Å². The third-order valence-electron chi connectivity index (χ3n) is 5.55. The molecular formula is C22H25N3O6S2. The van der Waals surface area contributed by atoms with Crippen LogP contribution >= 0.6 is 11.8 Å². The zero-order chi connectivity index (χ0) is 23.6. The number of ether oxygens (including phenoxy) is 2. The van der Waals surface area contributed by atoms with E-state index in [1.54, 1.807) is 11.0 Å². The molecule has 2 aliphatic heterocycles. The molecule has 0 atom stereocenters. The number of nitrogens with zero attached hydrogens (tertiary/aromatic N) is 2. The van der Waals surface area contributed by atoms with Gasteiger partial charge in [-0.05, 0) is 36.6 Å². The Morgan fingerprint density at radius 1 is 0.970 bits per heavy atom. The molecule has 0 radical (unpaired) electrons. The number of sulfonamides is 1. The van der Waals surface area contributed by atoms with Gasteiger partial charge in [0, 0.05) is 49.6 Å². The van der Waals surface area contributed by atoms with Crippen molar-refractivity contribution in [2.24, 2.45) is 0 Å². The van der Waals surface area contributed by atoms with E-state index in [1.807, 2.05) is 12.3 Å². The van der Waals surface area contributed by atoms with Crippen molar-refractivity contribution in [3.05, 3.63) is 42.0 Å². The first kappa shape index (κ1) is 23.4. The highest BCUT2D eigenvalue weighted by atomic mass is 32.2. The molecule has 1 saturated heterocycles. The Morgan fingerprint density at radius 3 is 2.15 bits per heavy atom. The minimum absolute atomic E-state index is 0.0648. The quantitative estimate of drug-likeness (QED) is 0.640. The fourth-order valence-corrected chi connectivity index (χ4v) is 5.68. The number of hydrogen-bond acceptors (Lipinski definition) is 7. The predicted octanol–water partition coefficient (Wildman–Crippen LogP) is 2.28. The van der Waals surface area contributed by atoms with Crippen LogP contribution in [0.5, 0.6) is 11.5 Å². The number of anilines is 1. The van der Waals surface area contributed by atoms with Gasteiger partial charge in [0.2, 0.25) is 15.9 Å². The molecular weight excluding hydrogens is 466 g/mol. The lowest BCUT2D eigenvalue weighted by Gasteiger charge is -2.33. The van der Waals surface area contributed by atoms with Gasteiger partial charge in [-0.2, -0.15) is 4.31 Å². The smallest absolute Gasteiger partial charge is 0.255 e. The standard InChI is InChI=1S/C22H25N3O6S2/c1-15(26)24-7-9-25(10-8-24)33(28,29)17-5-3-16(4-6-17)22(27)23-18-13-19-20(14-21(18)32-2)31-12-11-30-19/h3-6,13-14H,7-12H2,1-2H3,(H,23,27). The van der Waals surface area contributed by atoms with Gasteiger partial charge in [0.15, 0.2) is 11.5 Å². The second-order valence-electron chi connectivity index (χ2n) is 7.58. The lowest BCUT2D eigenvalue weighted by molar-refractivity contribution is -0.129. The first-order valence-electron chi connectivity index (χ1n) is 10.4. The van der Waals surface area contributed by atoms with Crippen LogP contribution in [0.25, 0.3) is 0 Å². The molecule has 0 saturated carbocycles. The lowest BCUT2D eigenvalue weighted by atomic mass is 10.2. The van der Waals surface area contributed by atoms with Crippen LogP contribution in [0.3, 0.4) is 0 Å². The highest BCUT2D eigenvalue weighted by molar-refractivity contribution is 7.98. The highest BCUT2D eigenvalue weighted by Crippen LogP contribution is 2.39. The fraction of sp³-hybridized carbons (Fsp3) is 0.364. The van der Waals surface area contributed by atoms with Crippen LogP contribution in [0.2, 0.25) is 0 Å². The van der Waals surface area contributed by atoms with Crippen LogP contribution in [0.1, 0.15) is 17.3 Å². The molecule has 2 amide bonds. The minimum Gasteiger partial charge on any atom is -0.486 e. The summed E-state index contributed by atoms with van der Waals surface area (Å²) in [6.07, 6.45) is 1.90. The molecule has 2 aromatic rings. The minimum atomic E-state index is -3.70. The Kier molecular flexibility index (Phi) is 6.82. The van der Waals surface area contributed by atoms with E-state index in [-0.39, 0.29) is 29.8 Å². The van der Waals surface area contributed by atoms with Crippen molar-refractivity contribution in [2.45, 2.75) is 16.7 Å². The summed E-state index contributed by atoms with van der Waals surface area (Å²) in [6.45, 7) is 3.61. The number of carbonyl (C=O) groups excluding carboxylic acids is 2. The number of piperazine rings is 1. The van der Waals surface area contributed by atoms with Gasteiger partial charge in [0.25, 0.3) is 5.91 Å². The number of nitrogens with one attached hydrogen (secondary N) is 1. The summed E-state index contributed by atoms with van der Waals surface area (Å²) in [7, 11) is -3.70. The van der Waals surface area contributed by atoms with Gasteiger partial charge in [-0.3, -0.25) is 9.59 Å². The number of thioether (sulfide) groups is 1. The van der Waals surface area contributed by atoms with Gasteiger partial charge >= 0.3 is 0 Å². The third kappa shape index (κ3) is 4.94. The van der Waals surface area contributed by atoms with Gasteiger partial charge in [-0.25, -0.2) is 8.42 Å². The number of rotatable bonds is 5. The van der Waals surface area contributed by atoms with E-state index >= 15 is 0 Å². The molecule has 2 heterocycles. The van der Waals surface area contributed by atoms with E-state index in [0.717, 1.165) is 4.90 Å². The topological polar surface area (TPSA) is 105 Å². The van der Waals surface area contributed by atoms with Crippen LogP contribution in [-0.4, -0.2) is 75.1 Å². The molecule has 0 spiro atoms. The maximum atomic E-state index is 12.9. The van der Waals surface area contributed by atoms with Gasteiger partial charge in [0.1, 0.15) is 13.2 Å². The molecule has 176 valence electrons. The molecule has 9 nitrogen and oxygen atoms in total. The van der Waals surface area contributed by atoms with Crippen molar-refractivity contribution in [3.8, 4) is 11.5 Å². The monoisotopic (exact) mass is 491 g/mol. The molecule has 11 heteroatoms. The summed E-state index contributed by atoms with van der Waals surface area (Å²) in [5.74, 6) is 0.786. The Bertz CT molecular complexity index is 1160. The maximum absolute atomic E-state index is 12.9. The fourth-order valence-electron chi connectivity index (χ4n) is 3.70. The molecule has 0 unspecified atom stereocenters. The molecule has 2 aliphatic rings.